The fraction of sp³-hybridized carbons (Fsp3) is 0.875. The molecule has 0 aromatic heterocycles. The minimum absolute atomic E-state index is 0.115. The largest absolute Gasteiger partial charge is 0.368 e. The molecule has 0 aromatic carbocycles. The molecule has 3 heterocycles. The van der Waals surface area contributed by atoms with E-state index in [4.69, 9.17) is 11.5 Å². The minimum Gasteiger partial charge on any atom is -0.368 e. The van der Waals surface area contributed by atoms with Gasteiger partial charge in [-0.3, -0.25) is 14.6 Å². The molecule has 0 aromatic rings. The van der Waals surface area contributed by atoms with Gasteiger partial charge in [0.25, 0.3) is 0 Å². The maximum Gasteiger partial charge on any atom is 0.236 e. The van der Waals surface area contributed by atoms with E-state index in [1.807, 2.05) is 0 Å². The molecule has 3 rings (SSSR count). The number of hydrogen-bond donors (Lipinski definition) is 2. The summed E-state index contributed by atoms with van der Waals surface area (Å²) in [6.45, 7) is 4.35. The van der Waals surface area contributed by atoms with Gasteiger partial charge in [0.15, 0.2) is 0 Å². The third kappa shape index (κ3) is 1.43. The summed E-state index contributed by atoms with van der Waals surface area (Å²) in [5.41, 5.74) is 11.0. The Kier molecular flexibility index (Phi) is 2.23. The van der Waals surface area contributed by atoms with Crippen LogP contribution in [0.4, 0.5) is 0 Å². The monoisotopic (exact) mass is 184 g/mol. The van der Waals surface area contributed by atoms with E-state index in [0.29, 0.717) is 12.6 Å². The fourth-order valence-electron chi connectivity index (χ4n) is 2.32. The van der Waals surface area contributed by atoms with Crippen LogP contribution < -0.4 is 11.5 Å². The quantitative estimate of drug-likeness (QED) is 0.510. The normalized spacial score (nSPS) is 43.5. The lowest BCUT2D eigenvalue weighted by molar-refractivity contribution is -0.131. The zero-order valence-electron chi connectivity index (χ0n) is 7.65. The van der Waals surface area contributed by atoms with Crippen LogP contribution in [0.5, 0.6) is 0 Å². The molecule has 0 radical (unpaired) electrons. The van der Waals surface area contributed by atoms with E-state index in [-0.39, 0.29) is 11.9 Å². The Morgan fingerprint density at radius 3 is 2.69 bits per heavy atom. The number of hydrogen-bond acceptors (Lipinski definition) is 4. The highest BCUT2D eigenvalue weighted by atomic mass is 16.1. The first-order chi connectivity index (χ1) is 6.22. The summed E-state index contributed by atoms with van der Waals surface area (Å²) in [5, 5.41) is 0. The van der Waals surface area contributed by atoms with E-state index in [1.165, 1.54) is 0 Å². The highest BCUT2D eigenvalue weighted by Gasteiger charge is 2.40. The van der Waals surface area contributed by atoms with Crippen molar-refractivity contribution in [1.29, 1.82) is 0 Å². The average molecular weight is 184 g/mol. The van der Waals surface area contributed by atoms with E-state index in [9.17, 15) is 4.79 Å². The van der Waals surface area contributed by atoms with Crippen molar-refractivity contribution in [2.75, 3.05) is 32.7 Å². The summed E-state index contributed by atoms with van der Waals surface area (Å²) in [6.07, 6.45) is 0. The minimum atomic E-state index is -0.220. The molecule has 3 aliphatic heterocycles. The molecule has 0 saturated carbocycles. The number of nitrogens with zero attached hydrogens (tertiary/aromatic N) is 2. The third-order valence-electron chi connectivity index (χ3n) is 3.04. The van der Waals surface area contributed by atoms with Crippen LogP contribution in [0.3, 0.4) is 0 Å². The summed E-state index contributed by atoms with van der Waals surface area (Å²) in [5.74, 6) is -0.220. The van der Waals surface area contributed by atoms with Gasteiger partial charge in [-0.1, -0.05) is 0 Å². The van der Waals surface area contributed by atoms with Crippen LogP contribution in [-0.2, 0) is 4.79 Å². The maximum atomic E-state index is 11.1. The van der Waals surface area contributed by atoms with Crippen LogP contribution in [-0.4, -0.2) is 60.5 Å². The van der Waals surface area contributed by atoms with Crippen molar-refractivity contribution >= 4 is 5.91 Å². The molecule has 0 spiro atoms. The Labute approximate surface area is 77.6 Å². The van der Waals surface area contributed by atoms with Crippen molar-refractivity contribution in [3.63, 3.8) is 0 Å². The van der Waals surface area contributed by atoms with Crippen molar-refractivity contribution in [2.24, 2.45) is 11.5 Å². The first-order valence-corrected chi connectivity index (χ1v) is 4.70. The van der Waals surface area contributed by atoms with Gasteiger partial charge in [0.05, 0.1) is 0 Å². The molecule has 4 unspecified atom stereocenters. The molecule has 13 heavy (non-hydrogen) atoms. The SMILES string of the molecule is NCC1CN2CCN1C(C(N)=O)C2. The standard InChI is InChI=1S/C8H16N4O/c9-3-6-4-11-1-2-12(6)7(5-11)8(10)13/h6-7H,1-5,9H2,(H2,10,13). The van der Waals surface area contributed by atoms with Crippen LogP contribution in [0, 0.1) is 0 Å². The highest BCUT2D eigenvalue weighted by Crippen LogP contribution is 2.20. The molecule has 1 amide bonds. The fourth-order valence-corrected chi connectivity index (χ4v) is 2.32. The maximum absolute atomic E-state index is 11.1. The van der Waals surface area contributed by atoms with Gasteiger partial charge in [-0.15, -0.1) is 0 Å². The van der Waals surface area contributed by atoms with Gasteiger partial charge in [0.2, 0.25) is 5.91 Å². The molecule has 5 nitrogen and oxygen atoms in total. The Morgan fingerprint density at radius 2 is 2.15 bits per heavy atom. The van der Waals surface area contributed by atoms with Gasteiger partial charge in [-0.2, -0.15) is 0 Å². The second kappa shape index (κ2) is 3.25. The summed E-state index contributed by atoms with van der Waals surface area (Å²) >= 11 is 0. The van der Waals surface area contributed by atoms with Crippen LogP contribution in [0.15, 0.2) is 0 Å². The molecule has 74 valence electrons. The van der Waals surface area contributed by atoms with Crippen LogP contribution in [0.25, 0.3) is 0 Å². The van der Waals surface area contributed by atoms with Gasteiger partial charge in [-0.05, 0) is 0 Å². The zero-order valence-corrected chi connectivity index (χ0v) is 7.65. The second-order valence-electron chi connectivity index (χ2n) is 3.81. The van der Waals surface area contributed by atoms with Crippen LogP contribution >= 0.6 is 0 Å². The Morgan fingerprint density at radius 1 is 1.38 bits per heavy atom. The summed E-state index contributed by atoms with van der Waals surface area (Å²) in [4.78, 5) is 15.5. The number of nitrogens with two attached hydrogens (primary N) is 2. The Hall–Kier alpha value is -0.650. The lowest BCUT2D eigenvalue weighted by Crippen LogP contribution is -2.70. The number of fused-ring (bicyclic) bond motifs is 3. The molecule has 0 aliphatic carbocycles. The first kappa shape index (κ1) is 8.93. The van der Waals surface area contributed by atoms with Crippen molar-refractivity contribution in [3.05, 3.63) is 0 Å². The van der Waals surface area contributed by atoms with E-state index in [0.717, 1.165) is 26.2 Å². The first-order valence-electron chi connectivity index (χ1n) is 4.70. The second-order valence-corrected chi connectivity index (χ2v) is 3.81. The number of primary amides is 1. The van der Waals surface area contributed by atoms with Crippen LogP contribution in [0.1, 0.15) is 0 Å². The number of amides is 1. The molecule has 3 fully saturated rings. The van der Waals surface area contributed by atoms with Crippen LogP contribution in [0.2, 0.25) is 0 Å². The smallest absolute Gasteiger partial charge is 0.236 e. The predicted molar refractivity (Wildman–Crippen MR) is 49.0 cm³/mol. The van der Waals surface area contributed by atoms with Gasteiger partial charge in [-0.25, -0.2) is 0 Å². The van der Waals surface area contributed by atoms with Gasteiger partial charge in [0, 0.05) is 38.8 Å². The number of carbonyl (C=O) groups is 1. The van der Waals surface area contributed by atoms with Crippen molar-refractivity contribution < 1.29 is 4.79 Å². The third-order valence-corrected chi connectivity index (χ3v) is 3.04. The molecule has 3 saturated heterocycles. The van der Waals surface area contributed by atoms with Gasteiger partial charge in [0.1, 0.15) is 6.04 Å². The number of piperazine rings is 3. The molecule has 4 atom stereocenters. The topological polar surface area (TPSA) is 75.6 Å². The summed E-state index contributed by atoms with van der Waals surface area (Å²) in [6, 6.07) is 0.205. The van der Waals surface area contributed by atoms with E-state index >= 15 is 0 Å². The average Bonchev–Trinajstić information content (AvgIpc) is 2.18. The summed E-state index contributed by atoms with van der Waals surface area (Å²) < 4.78 is 0. The van der Waals surface area contributed by atoms with Gasteiger partial charge < -0.3 is 11.5 Å². The highest BCUT2D eigenvalue weighted by molar-refractivity contribution is 5.80. The molecule has 2 bridgehead atoms. The summed E-state index contributed by atoms with van der Waals surface area (Å²) in [7, 11) is 0. The van der Waals surface area contributed by atoms with E-state index < -0.39 is 0 Å². The predicted octanol–water partition coefficient (Wildman–Crippen LogP) is -2.20. The van der Waals surface area contributed by atoms with Crippen molar-refractivity contribution in [1.82, 2.24) is 9.80 Å². The van der Waals surface area contributed by atoms with Crippen molar-refractivity contribution in [2.45, 2.75) is 12.1 Å². The molecule has 5 heteroatoms. The van der Waals surface area contributed by atoms with E-state index in [1.54, 1.807) is 0 Å². The Balaban J connectivity index is 2.12. The molecule has 3 aliphatic rings. The van der Waals surface area contributed by atoms with Gasteiger partial charge >= 0.3 is 0 Å². The lowest BCUT2D eigenvalue weighted by atomic mass is 10.0. The molecular weight excluding hydrogens is 168 g/mol. The number of rotatable bonds is 2. The number of carbonyl (C=O) groups excluding carboxylic acids is 1. The van der Waals surface area contributed by atoms with Crippen molar-refractivity contribution in [3.8, 4) is 0 Å². The molecule has 4 N–H and O–H groups in total. The molecular formula is C8H16N4O. The lowest BCUT2D eigenvalue weighted by Gasteiger charge is -2.50. The zero-order chi connectivity index (χ0) is 9.42. The van der Waals surface area contributed by atoms with E-state index in [2.05, 4.69) is 9.80 Å². The Bertz CT molecular complexity index is 220.